The summed E-state index contributed by atoms with van der Waals surface area (Å²) in [5, 5.41) is 4.16. The van der Waals surface area contributed by atoms with Gasteiger partial charge < -0.3 is 19.9 Å². The highest BCUT2D eigenvalue weighted by Gasteiger charge is 2.30. The highest BCUT2D eigenvalue weighted by Crippen LogP contribution is 2.32. The third-order valence-electron chi connectivity index (χ3n) is 4.15. The molecule has 0 radical (unpaired) electrons. The molecule has 1 fully saturated rings. The Morgan fingerprint density at radius 2 is 2.24 bits per heavy atom. The average Bonchev–Trinajstić information content (AvgIpc) is 3.03. The van der Waals surface area contributed by atoms with Crippen LogP contribution in [0.1, 0.15) is 40.8 Å². The summed E-state index contributed by atoms with van der Waals surface area (Å²) < 4.78 is 10.5. The normalized spacial score (nSPS) is 17.1. The second-order valence-corrected chi connectivity index (χ2v) is 6.25. The van der Waals surface area contributed by atoms with Crippen molar-refractivity contribution in [1.29, 1.82) is 0 Å². The van der Waals surface area contributed by atoms with Crippen LogP contribution in [0.4, 0.5) is 5.69 Å². The van der Waals surface area contributed by atoms with E-state index in [0.717, 1.165) is 12.8 Å². The van der Waals surface area contributed by atoms with Crippen molar-refractivity contribution in [1.82, 2.24) is 15.0 Å². The highest BCUT2D eigenvalue weighted by molar-refractivity contribution is 6.33. The minimum atomic E-state index is -0.144. The van der Waals surface area contributed by atoms with E-state index in [1.165, 1.54) is 7.11 Å². The molecule has 9 heteroatoms. The van der Waals surface area contributed by atoms with Crippen molar-refractivity contribution in [3.8, 4) is 5.75 Å². The average molecular weight is 387 g/mol. The lowest BCUT2D eigenvalue weighted by molar-refractivity contribution is 0.0692. The van der Waals surface area contributed by atoms with Crippen LogP contribution in [0.25, 0.3) is 0 Å². The van der Waals surface area contributed by atoms with Crippen LogP contribution in [0.2, 0.25) is 5.02 Å². The molecule has 136 valence electrons. The number of hydrogen-bond donors (Lipinski definition) is 1. The number of carbonyl (C=O) groups is 1. The Hall–Kier alpha value is -1.99. The third kappa shape index (κ3) is 3.99. The number of nitrogen functional groups attached to an aromatic ring is 1. The van der Waals surface area contributed by atoms with E-state index in [1.54, 1.807) is 24.0 Å². The molecule has 3 rings (SSSR count). The van der Waals surface area contributed by atoms with Crippen LogP contribution < -0.4 is 10.5 Å². The van der Waals surface area contributed by atoms with Gasteiger partial charge in [0.25, 0.3) is 5.91 Å². The van der Waals surface area contributed by atoms with Crippen molar-refractivity contribution in [3.05, 3.63) is 34.4 Å². The molecule has 0 spiro atoms. The van der Waals surface area contributed by atoms with Crippen LogP contribution in [0.15, 0.2) is 16.7 Å². The van der Waals surface area contributed by atoms with Gasteiger partial charge in [0, 0.05) is 19.2 Å². The molecule has 2 N–H and O–H groups in total. The second kappa shape index (κ2) is 7.93. The van der Waals surface area contributed by atoms with E-state index in [2.05, 4.69) is 10.1 Å². The van der Waals surface area contributed by atoms with E-state index in [1.807, 2.05) is 0 Å². The maximum atomic E-state index is 12.9. The number of benzene rings is 1. The first-order valence-electron chi connectivity index (χ1n) is 7.72. The van der Waals surface area contributed by atoms with Gasteiger partial charge in [-0.3, -0.25) is 4.79 Å². The first-order chi connectivity index (χ1) is 11.5. The zero-order valence-corrected chi connectivity index (χ0v) is 15.6. The number of nitrogens with zero attached hydrogens (tertiary/aromatic N) is 3. The lowest BCUT2D eigenvalue weighted by atomic mass is 9.97. The minimum absolute atomic E-state index is 0. The van der Waals surface area contributed by atoms with E-state index in [9.17, 15) is 4.79 Å². The Morgan fingerprint density at radius 1 is 1.48 bits per heavy atom. The molecule has 1 saturated heterocycles. The summed E-state index contributed by atoms with van der Waals surface area (Å²) in [6, 6.07) is 3.12. The predicted octanol–water partition coefficient (Wildman–Crippen LogP) is 3.06. The number of halogens is 2. The van der Waals surface area contributed by atoms with Gasteiger partial charge in [0.2, 0.25) is 5.89 Å². The predicted molar refractivity (Wildman–Crippen MR) is 96.6 cm³/mol. The molecule has 0 saturated carbocycles. The van der Waals surface area contributed by atoms with Crippen LogP contribution in [0.5, 0.6) is 5.75 Å². The molecule has 1 unspecified atom stereocenters. The number of carbonyl (C=O) groups excluding carboxylic acids is 1. The van der Waals surface area contributed by atoms with E-state index in [4.69, 9.17) is 26.6 Å². The van der Waals surface area contributed by atoms with Gasteiger partial charge in [-0.15, -0.1) is 12.4 Å². The first kappa shape index (κ1) is 19.3. The largest absolute Gasteiger partial charge is 0.496 e. The summed E-state index contributed by atoms with van der Waals surface area (Å²) in [5.74, 6) is 1.49. The molecule has 2 aromatic rings. The molecule has 25 heavy (non-hydrogen) atoms. The van der Waals surface area contributed by atoms with Gasteiger partial charge in [0.1, 0.15) is 5.75 Å². The SMILES string of the molecule is COc1cc(N)c(Cl)cc1C(=O)N1CCCC(c2nc(C)no2)C1.Cl. The number of amides is 1. The number of piperidine rings is 1. The van der Waals surface area contributed by atoms with E-state index in [-0.39, 0.29) is 24.2 Å². The monoisotopic (exact) mass is 386 g/mol. The summed E-state index contributed by atoms with van der Waals surface area (Å²) in [4.78, 5) is 18.9. The summed E-state index contributed by atoms with van der Waals surface area (Å²) in [6.07, 6.45) is 1.77. The topological polar surface area (TPSA) is 94.5 Å². The van der Waals surface area contributed by atoms with Gasteiger partial charge in [-0.25, -0.2) is 0 Å². The molecule has 0 bridgehead atoms. The third-order valence-corrected chi connectivity index (χ3v) is 4.48. The van der Waals surface area contributed by atoms with Crippen molar-refractivity contribution in [2.24, 2.45) is 0 Å². The number of methoxy groups -OCH3 is 1. The van der Waals surface area contributed by atoms with Crippen LogP contribution in [-0.4, -0.2) is 41.1 Å². The second-order valence-electron chi connectivity index (χ2n) is 5.84. The maximum Gasteiger partial charge on any atom is 0.257 e. The van der Waals surface area contributed by atoms with Gasteiger partial charge in [0.15, 0.2) is 5.82 Å². The summed E-state index contributed by atoms with van der Waals surface area (Å²) in [6.45, 7) is 2.96. The fourth-order valence-electron chi connectivity index (χ4n) is 2.92. The Kier molecular flexibility index (Phi) is 6.13. The zero-order chi connectivity index (χ0) is 17.3. The molecule has 1 aromatic heterocycles. The van der Waals surface area contributed by atoms with Crippen molar-refractivity contribution < 1.29 is 14.1 Å². The molecule has 1 atom stereocenters. The van der Waals surface area contributed by atoms with E-state index < -0.39 is 0 Å². The fourth-order valence-corrected chi connectivity index (χ4v) is 3.08. The summed E-state index contributed by atoms with van der Waals surface area (Å²) >= 11 is 6.07. The smallest absolute Gasteiger partial charge is 0.257 e. The quantitative estimate of drug-likeness (QED) is 0.814. The standard InChI is InChI=1S/C16H19ClN4O3.ClH/c1-9-19-15(24-20-9)10-4-3-5-21(8-10)16(22)11-6-12(17)13(18)7-14(11)23-2;/h6-7,10H,3-5,8,18H2,1-2H3;1H. The Balaban J connectivity index is 0.00000225. The molecule has 1 aliphatic heterocycles. The van der Waals surface area contributed by atoms with Crippen LogP contribution >= 0.6 is 24.0 Å². The zero-order valence-electron chi connectivity index (χ0n) is 14.0. The number of anilines is 1. The van der Waals surface area contributed by atoms with Crippen LogP contribution in [0.3, 0.4) is 0 Å². The fraction of sp³-hybridized carbons (Fsp3) is 0.438. The van der Waals surface area contributed by atoms with Gasteiger partial charge in [-0.2, -0.15) is 4.98 Å². The van der Waals surface area contributed by atoms with Crippen molar-refractivity contribution in [3.63, 3.8) is 0 Å². The lowest BCUT2D eigenvalue weighted by Crippen LogP contribution is -2.39. The number of aromatic nitrogens is 2. The first-order valence-corrected chi connectivity index (χ1v) is 8.10. The number of rotatable bonds is 3. The van der Waals surface area contributed by atoms with Gasteiger partial charge in [0.05, 0.1) is 29.3 Å². The summed E-state index contributed by atoms with van der Waals surface area (Å²) in [5.41, 5.74) is 6.56. The Labute approximate surface area is 156 Å². The number of nitrogens with two attached hydrogens (primary N) is 1. The maximum absolute atomic E-state index is 12.9. The van der Waals surface area contributed by atoms with Gasteiger partial charge >= 0.3 is 0 Å². The Morgan fingerprint density at radius 3 is 2.88 bits per heavy atom. The molecular weight excluding hydrogens is 367 g/mol. The molecular formula is C16H20Cl2N4O3. The van der Waals surface area contributed by atoms with E-state index >= 15 is 0 Å². The molecule has 1 amide bonds. The van der Waals surface area contributed by atoms with Gasteiger partial charge in [-0.05, 0) is 25.8 Å². The van der Waals surface area contributed by atoms with Crippen molar-refractivity contribution in [2.45, 2.75) is 25.7 Å². The molecule has 7 nitrogen and oxygen atoms in total. The molecule has 1 aromatic carbocycles. The van der Waals surface area contributed by atoms with E-state index in [0.29, 0.717) is 46.8 Å². The molecule has 1 aliphatic rings. The van der Waals surface area contributed by atoms with Crippen LogP contribution in [0, 0.1) is 6.92 Å². The number of aryl methyl sites for hydroxylation is 1. The number of ether oxygens (including phenoxy) is 1. The van der Waals surface area contributed by atoms with Crippen molar-refractivity contribution >= 4 is 35.6 Å². The van der Waals surface area contributed by atoms with Gasteiger partial charge in [-0.1, -0.05) is 16.8 Å². The Bertz CT molecular complexity index is 766. The lowest BCUT2D eigenvalue weighted by Gasteiger charge is -2.31. The highest BCUT2D eigenvalue weighted by atomic mass is 35.5. The minimum Gasteiger partial charge on any atom is -0.496 e. The summed E-state index contributed by atoms with van der Waals surface area (Å²) in [7, 11) is 1.50. The van der Waals surface area contributed by atoms with Crippen molar-refractivity contribution in [2.75, 3.05) is 25.9 Å². The van der Waals surface area contributed by atoms with Crippen LogP contribution in [-0.2, 0) is 0 Å². The number of likely N-dealkylation sites (tertiary alicyclic amines) is 1. The number of hydrogen-bond acceptors (Lipinski definition) is 6. The molecule has 2 heterocycles. The molecule has 0 aliphatic carbocycles.